The van der Waals surface area contributed by atoms with Gasteiger partial charge in [0.05, 0.1) is 16.6 Å². The first-order chi connectivity index (χ1) is 9.66. The number of halogens is 2. The smallest absolute Gasteiger partial charge is 0.324 e. The molecule has 0 aliphatic heterocycles. The summed E-state index contributed by atoms with van der Waals surface area (Å²) in [6.07, 6.45) is 0.398. The number of sulfone groups is 1. The van der Waals surface area contributed by atoms with Crippen LogP contribution < -0.4 is 11.1 Å². The van der Waals surface area contributed by atoms with Gasteiger partial charge in [-0.15, -0.1) is 0 Å². The molecule has 0 aliphatic rings. The fourth-order valence-corrected chi connectivity index (χ4v) is 2.64. The Hall–Kier alpha value is -1.54. The zero-order valence-corrected chi connectivity index (χ0v) is 12.5. The topological polar surface area (TPSA) is 89.3 Å². The van der Waals surface area contributed by atoms with Crippen LogP contribution in [-0.4, -0.2) is 26.1 Å². The Morgan fingerprint density at radius 2 is 1.86 bits per heavy atom. The van der Waals surface area contributed by atoms with E-state index in [2.05, 4.69) is 5.32 Å². The lowest BCUT2D eigenvalue weighted by Gasteiger charge is -2.16. The van der Waals surface area contributed by atoms with Crippen molar-refractivity contribution >= 4 is 21.4 Å². The number of nitrogens with two attached hydrogens (primary N) is 1. The Balaban J connectivity index is 3.03. The third-order valence-corrected chi connectivity index (χ3v) is 4.19. The van der Waals surface area contributed by atoms with Gasteiger partial charge in [-0.25, -0.2) is 8.42 Å². The van der Waals surface area contributed by atoms with Crippen LogP contribution in [0.5, 0.6) is 0 Å². The Morgan fingerprint density at radius 3 is 2.38 bits per heavy atom. The molecule has 8 heteroatoms. The normalized spacial score (nSPS) is 13.5. The van der Waals surface area contributed by atoms with Gasteiger partial charge in [-0.2, -0.15) is 8.78 Å². The highest BCUT2D eigenvalue weighted by Gasteiger charge is 2.29. The standard InChI is InChI=1S/C13H18F2N2O3S/c1-8(2)7-9(16)12(18)17-10-5-3-4-6-11(10)21(19,20)13(14)15/h3-6,8-9,13H,7,16H2,1-2H3,(H,17,18)/t9-/m0/s1. The second kappa shape index (κ2) is 6.95. The van der Waals surface area contributed by atoms with Crippen molar-refractivity contribution in [3.8, 4) is 0 Å². The van der Waals surface area contributed by atoms with E-state index < -0.39 is 32.4 Å². The highest BCUT2D eigenvalue weighted by atomic mass is 32.2. The van der Waals surface area contributed by atoms with Crippen molar-refractivity contribution in [3.05, 3.63) is 24.3 Å². The van der Waals surface area contributed by atoms with E-state index >= 15 is 0 Å². The Labute approximate surface area is 122 Å². The number of anilines is 1. The van der Waals surface area contributed by atoms with Crippen molar-refractivity contribution in [2.75, 3.05) is 5.32 Å². The molecule has 118 valence electrons. The van der Waals surface area contributed by atoms with Crippen molar-refractivity contribution < 1.29 is 22.0 Å². The van der Waals surface area contributed by atoms with Gasteiger partial charge in [0.25, 0.3) is 0 Å². The lowest BCUT2D eigenvalue weighted by atomic mass is 10.0. The molecule has 5 nitrogen and oxygen atoms in total. The molecule has 0 aromatic heterocycles. The fraction of sp³-hybridized carbons (Fsp3) is 0.462. The molecule has 1 atom stereocenters. The number of alkyl halides is 2. The van der Waals surface area contributed by atoms with Gasteiger partial charge in [-0.3, -0.25) is 4.79 Å². The molecule has 0 bridgehead atoms. The van der Waals surface area contributed by atoms with Crippen LogP contribution in [0.25, 0.3) is 0 Å². The molecule has 0 unspecified atom stereocenters. The highest BCUT2D eigenvalue weighted by Crippen LogP contribution is 2.26. The van der Waals surface area contributed by atoms with E-state index in [-0.39, 0.29) is 11.6 Å². The molecule has 1 aromatic carbocycles. The number of carbonyl (C=O) groups is 1. The van der Waals surface area contributed by atoms with Crippen LogP contribution in [0.2, 0.25) is 0 Å². The van der Waals surface area contributed by atoms with E-state index in [1.165, 1.54) is 18.2 Å². The Morgan fingerprint density at radius 1 is 1.29 bits per heavy atom. The van der Waals surface area contributed by atoms with Crippen LogP contribution in [-0.2, 0) is 14.6 Å². The van der Waals surface area contributed by atoms with Crippen LogP contribution in [0.4, 0.5) is 14.5 Å². The summed E-state index contributed by atoms with van der Waals surface area (Å²) in [7, 11) is -4.79. The van der Waals surface area contributed by atoms with E-state index in [1.54, 1.807) is 0 Å². The van der Waals surface area contributed by atoms with Crippen LogP contribution in [0, 0.1) is 5.92 Å². The second-order valence-corrected chi connectivity index (χ2v) is 6.91. The summed E-state index contributed by atoms with van der Waals surface area (Å²) in [4.78, 5) is 11.3. The molecule has 3 N–H and O–H groups in total. The van der Waals surface area contributed by atoms with Crippen molar-refractivity contribution in [1.82, 2.24) is 0 Å². The maximum atomic E-state index is 12.6. The fourth-order valence-electron chi connectivity index (χ4n) is 1.75. The van der Waals surface area contributed by atoms with Gasteiger partial charge in [0, 0.05) is 0 Å². The van der Waals surface area contributed by atoms with Gasteiger partial charge in [0.15, 0.2) is 0 Å². The summed E-state index contributed by atoms with van der Waals surface area (Å²) in [5, 5.41) is 2.30. The highest BCUT2D eigenvalue weighted by molar-refractivity contribution is 7.91. The quantitative estimate of drug-likeness (QED) is 0.839. The molecule has 21 heavy (non-hydrogen) atoms. The monoisotopic (exact) mass is 320 g/mol. The average molecular weight is 320 g/mol. The number of hydrogen-bond donors (Lipinski definition) is 2. The molecule has 0 aliphatic carbocycles. The minimum atomic E-state index is -4.79. The molecule has 0 fully saturated rings. The zero-order chi connectivity index (χ0) is 16.2. The summed E-state index contributed by atoms with van der Waals surface area (Å²) in [6.45, 7) is 3.75. The Bertz CT molecular complexity index is 603. The number of hydrogen-bond acceptors (Lipinski definition) is 4. The molecule has 1 amide bonds. The molecule has 0 heterocycles. The largest absolute Gasteiger partial charge is 0.341 e. The Kier molecular flexibility index (Phi) is 5.79. The lowest BCUT2D eigenvalue weighted by molar-refractivity contribution is -0.117. The number of rotatable bonds is 6. The summed E-state index contributed by atoms with van der Waals surface area (Å²) in [5.74, 6) is -3.99. The van der Waals surface area contributed by atoms with Gasteiger partial charge in [0.2, 0.25) is 15.7 Å². The number of amides is 1. The summed E-state index contributed by atoms with van der Waals surface area (Å²) in [6, 6.07) is 4.17. The molecular formula is C13H18F2N2O3S. The maximum absolute atomic E-state index is 12.6. The summed E-state index contributed by atoms with van der Waals surface area (Å²) < 4.78 is 48.3. The molecule has 0 spiro atoms. The van der Waals surface area contributed by atoms with Gasteiger partial charge in [-0.05, 0) is 24.5 Å². The van der Waals surface area contributed by atoms with Gasteiger partial charge in [-0.1, -0.05) is 26.0 Å². The molecule has 1 aromatic rings. The average Bonchev–Trinajstić information content (AvgIpc) is 2.38. The molecule has 1 rings (SSSR count). The predicted octanol–water partition coefficient (Wildman–Crippen LogP) is 1.99. The molecule has 0 saturated heterocycles. The van der Waals surface area contributed by atoms with Crippen molar-refractivity contribution in [3.63, 3.8) is 0 Å². The van der Waals surface area contributed by atoms with Gasteiger partial charge in [0.1, 0.15) is 0 Å². The minimum absolute atomic E-state index is 0.172. The first-order valence-electron chi connectivity index (χ1n) is 6.33. The van der Waals surface area contributed by atoms with Crippen molar-refractivity contribution in [2.45, 2.75) is 37.0 Å². The zero-order valence-electron chi connectivity index (χ0n) is 11.7. The lowest BCUT2D eigenvalue weighted by Crippen LogP contribution is -2.37. The number of benzene rings is 1. The van der Waals surface area contributed by atoms with E-state index in [0.29, 0.717) is 6.42 Å². The number of para-hydroxylation sites is 1. The number of carbonyl (C=O) groups excluding carboxylic acids is 1. The maximum Gasteiger partial charge on any atom is 0.341 e. The van der Waals surface area contributed by atoms with E-state index in [4.69, 9.17) is 5.73 Å². The first kappa shape index (κ1) is 17.5. The van der Waals surface area contributed by atoms with Crippen molar-refractivity contribution in [1.29, 1.82) is 0 Å². The van der Waals surface area contributed by atoms with E-state index in [0.717, 1.165) is 6.07 Å². The molecule has 0 radical (unpaired) electrons. The van der Waals surface area contributed by atoms with E-state index in [1.807, 2.05) is 13.8 Å². The summed E-state index contributed by atoms with van der Waals surface area (Å²) >= 11 is 0. The first-order valence-corrected chi connectivity index (χ1v) is 7.88. The summed E-state index contributed by atoms with van der Waals surface area (Å²) in [5.41, 5.74) is 5.48. The van der Waals surface area contributed by atoms with Crippen LogP contribution >= 0.6 is 0 Å². The van der Waals surface area contributed by atoms with Gasteiger partial charge < -0.3 is 11.1 Å². The number of nitrogens with one attached hydrogen (secondary N) is 1. The van der Waals surface area contributed by atoms with E-state index in [9.17, 15) is 22.0 Å². The third-order valence-electron chi connectivity index (χ3n) is 2.75. The van der Waals surface area contributed by atoms with Crippen LogP contribution in [0.1, 0.15) is 20.3 Å². The molecular weight excluding hydrogens is 302 g/mol. The van der Waals surface area contributed by atoms with Gasteiger partial charge >= 0.3 is 5.76 Å². The van der Waals surface area contributed by atoms with Crippen LogP contribution in [0.3, 0.4) is 0 Å². The van der Waals surface area contributed by atoms with Crippen molar-refractivity contribution in [2.24, 2.45) is 11.7 Å². The molecule has 0 saturated carbocycles. The second-order valence-electron chi connectivity index (χ2n) is 5.03. The minimum Gasteiger partial charge on any atom is -0.324 e. The van der Waals surface area contributed by atoms with Crippen LogP contribution in [0.15, 0.2) is 29.2 Å². The SMILES string of the molecule is CC(C)C[C@H](N)C(=O)Nc1ccccc1S(=O)(=O)C(F)F. The third kappa shape index (κ3) is 4.47. The predicted molar refractivity (Wildman–Crippen MR) is 75.7 cm³/mol.